The number of aromatic nitrogens is 1. The van der Waals surface area contributed by atoms with Crippen LogP contribution in [0.2, 0.25) is 0 Å². The van der Waals surface area contributed by atoms with Crippen LogP contribution in [-0.4, -0.2) is 18.6 Å². The molecule has 3 nitrogen and oxygen atoms in total. The molecule has 0 spiro atoms. The second-order valence-corrected chi connectivity index (χ2v) is 5.30. The third kappa shape index (κ3) is 2.83. The van der Waals surface area contributed by atoms with Crippen molar-refractivity contribution >= 4 is 5.69 Å². The molecule has 1 aromatic carbocycles. The topological polar surface area (TPSA) is 28.2 Å². The molecule has 20 heavy (non-hydrogen) atoms. The highest BCUT2D eigenvalue weighted by Gasteiger charge is 2.16. The van der Waals surface area contributed by atoms with Gasteiger partial charge in [-0.25, -0.2) is 0 Å². The van der Waals surface area contributed by atoms with E-state index in [0.29, 0.717) is 0 Å². The van der Waals surface area contributed by atoms with Crippen molar-refractivity contribution in [3.05, 3.63) is 59.4 Å². The van der Waals surface area contributed by atoms with Crippen molar-refractivity contribution in [2.75, 3.05) is 18.5 Å². The molecule has 0 atom stereocenters. The minimum absolute atomic E-state index is 0.824. The third-order valence-electron chi connectivity index (χ3n) is 3.78. The average Bonchev–Trinajstić information content (AvgIpc) is 2.48. The Balaban J connectivity index is 1.80. The summed E-state index contributed by atoms with van der Waals surface area (Å²) in [4.78, 5) is 7.17. The molecule has 104 valence electrons. The van der Waals surface area contributed by atoms with Gasteiger partial charge >= 0.3 is 0 Å². The van der Waals surface area contributed by atoms with Gasteiger partial charge in [-0.2, -0.15) is 0 Å². The maximum atomic E-state index is 4.73. The molecule has 0 amide bonds. The van der Waals surface area contributed by atoms with Crippen LogP contribution in [0.3, 0.4) is 0 Å². The first-order valence-corrected chi connectivity index (χ1v) is 7.29. The Morgan fingerprint density at radius 3 is 2.85 bits per heavy atom. The third-order valence-corrected chi connectivity index (χ3v) is 3.78. The lowest BCUT2D eigenvalue weighted by Gasteiger charge is -2.31. The lowest BCUT2D eigenvalue weighted by molar-refractivity contribution is 0.679. The highest BCUT2D eigenvalue weighted by Crippen LogP contribution is 2.27. The van der Waals surface area contributed by atoms with E-state index in [4.69, 9.17) is 4.98 Å². The molecule has 0 saturated heterocycles. The zero-order valence-electron chi connectivity index (χ0n) is 12.0. The van der Waals surface area contributed by atoms with Crippen LogP contribution in [-0.2, 0) is 19.5 Å². The maximum absolute atomic E-state index is 4.73. The standard InChI is InChI=1S/C17H21N3/c1-18-12-15-8-4-9-16(19-15)13-20-11-5-7-14-6-2-3-10-17(14)20/h2-4,6,8-10,18H,5,7,11-13H2,1H3. The molecule has 1 aromatic heterocycles. The second kappa shape index (κ2) is 6.06. The van der Waals surface area contributed by atoms with Gasteiger partial charge in [0.2, 0.25) is 0 Å². The van der Waals surface area contributed by atoms with Gasteiger partial charge in [0.05, 0.1) is 17.9 Å². The summed E-state index contributed by atoms with van der Waals surface area (Å²) in [6.07, 6.45) is 2.42. The van der Waals surface area contributed by atoms with Gasteiger partial charge in [-0.15, -0.1) is 0 Å². The molecule has 0 radical (unpaired) electrons. The lowest BCUT2D eigenvalue weighted by Crippen LogP contribution is -2.29. The lowest BCUT2D eigenvalue weighted by atomic mass is 10.0. The molecule has 1 N–H and O–H groups in total. The number of anilines is 1. The van der Waals surface area contributed by atoms with E-state index < -0.39 is 0 Å². The number of pyridine rings is 1. The van der Waals surface area contributed by atoms with Gasteiger partial charge in [0, 0.05) is 18.8 Å². The summed E-state index contributed by atoms with van der Waals surface area (Å²) in [6, 6.07) is 15.0. The number of hydrogen-bond donors (Lipinski definition) is 1. The van der Waals surface area contributed by atoms with E-state index in [1.807, 2.05) is 7.05 Å². The van der Waals surface area contributed by atoms with E-state index in [0.717, 1.165) is 31.0 Å². The number of rotatable bonds is 4. The highest BCUT2D eigenvalue weighted by atomic mass is 15.1. The normalized spacial score (nSPS) is 14.2. The quantitative estimate of drug-likeness (QED) is 0.923. The van der Waals surface area contributed by atoms with Gasteiger partial charge in [0.1, 0.15) is 0 Å². The van der Waals surface area contributed by atoms with Crippen molar-refractivity contribution in [3.63, 3.8) is 0 Å². The number of nitrogens with zero attached hydrogens (tertiary/aromatic N) is 2. The molecule has 0 bridgehead atoms. The van der Waals surface area contributed by atoms with Crippen LogP contribution < -0.4 is 10.2 Å². The zero-order chi connectivity index (χ0) is 13.8. The van der Waals surface area contributed by atoms with E-state index in [9.17, 15) is 0 Å². The van der Waals surface area contributed by atoms with E-state index in [1.54, 1.807) is 0 Å². The monoisotopic (exact) mass is 267 g/mol. The molecular formula is C17H21N3. The molecule has 2 aromatic rings. The highest BCUT2D eigenvalue weighted by molar-refractivity contribution is 5.55. The fourth-order valence-corrected chi connectivity index (χ4v) is 2.87. The van der Waals surface area contributed by atoms with Crippen molar-refractivity contribution < 1.29 is 0 Å². The summed E-state index contributed by atoms with van der Waals surface area (Å²) < 4.78 is 0. The van der Waals surface area contributed by atoms with Crippen molar-refractivity contribution in [1.29, 1.82) is 0 Å². The fraction of sp³-hybridized carbons (Fsp3) is 0.353. The number of aryl methyl sites for hydroxylation is 1. The Bertz CT molecular complexity index is 580. The predicted octanol–water partition coefficient (Wildman–Crippen LogP) is 2.75. The second-order valence-electron chi connectivity index (χ2n) is 5.30. The van der Waals surface area contributed by atoms with Crippen LogP contribution in [0.5, 0.6) is 0 Å². The smallest absolute Gasteiger partial charge is 0.0602 e. The minimum Gasteiger partial charge on any atom is -0.365 e. The molecule has 3 rings (SSSR count). The summed E-state index contributed by atoms with van der Waals surface area (Å²) in [5, 5.41) is 3.15. The molecule has 0 fully saturated rings. The predicted molar refractivity (Wildman–Crippen MR) is 82.8 cm³/mol. The number of nitrogens with one attached hydrogen (secondary N) is 1. The summed E-state index contributed by atoms with van der Waals surface area (Å²) in [5.41, 5.74) is 5.09. The first-order valence-electron chi connectivity index (χ1n) is 7.29. The van der Waals surface area contributed by atoms with Gasteiger partial charge in [0.25, 0.3) is 0 Å². The number of benzene rings is 1. The van der Waals surface area contributed by atoms with Crippen LogP contribution in [0.15, 0.2) is 42.5 Å². The molecule has 3 heteroatoms. The van der Waals surface area contributed by atoms with Gasteiger partial charge in [-0.1, -0.05) is 24.3 Å². The van der Waals surface area contributed by atoms with E-state index >= 15 is 0 Å². The summed E-state index contributed by atoms with van der Waals surface area (Å²) >= 11 is 0. The van der Waals surface area contributed by atoms with Crippen LogP contribution in [0, 0.1) is 0 Å². The van der Waals surface area contributed by atoms with Crippen molar-refractivity contribution in [2.24, 2.45) is 0 Å². The molecule has 2 heterocycles. The van der Waals surface area contributed by atoms with Crippen molar-refractivity contribution in [3.8, 4) is 0 Å². The van der Waals surface area contributed by atoms with E-state index in [2.05, 4.69) is 52.7 Å². The average molecular weight is 267 g/mol. The zero-order valence-corrected chi connectivity index (χ0v) is 12.0. The Hall–Kier alpha value is -1.87. The van der Waals surface area contributed by atoms with Crippen LogP contribution in [0.1, 0.15) is 23.4 Å². The van der Waals surface area contributed by atoms with Gasteiger partial charge < -0.3 is 10.2 Å². The summed E-state index contributed by atoms with van der Waals surface area (Å²) in [5.74, 6) is 0. The molecule has 1 aliphatic rings. The fourth-order valence-electron chi connectivity index (χ4n) is 2.87. The number of hydrogen-bond acceptors (Lipinski definition) is 3. The molecular weight excluding hydrogens is 246 g/mol. The van der Waals surface area contributed by atoms with E-state index in [1.165, 1.54) is 24.1 Å². The maximum Gasteiger partial charge on any atom is 0.0602 e. The Morgan fingerprint density at radius 2 is 1.95 bits per heavy atom. The first kappa shape index (κ1) is 13.1. The summed E-state index contributed by atoms with van der Waals surface area (Å²) in [6.45, 7) is 2.84. The SMILES string of the molecule is CNCc1cccc(CN2CCCc3ccccc32)n1. The Labute approximate surface area is 120 Å². The van der Waals surface area contributed by atoms with Gasteiger partial charge in [-0.3, -0.25) is 4.98 Å². The van der Waals surface area contributed by atoms with Crippen LogP contribution in [0.25, 0.3) is 0 Å². The van der Waals surface area contributed by atoms with Gasteiger partial charge in [0.15, 0.2) is 0 Å². The number of fused-ring (bicyclic) bond motifs is 1. The van der Waals surface area contributed by atoms with Crippen LogP contribution in [0.4, 0.5) is 5.69 Å². The minimum atomic E-state index is 0.824. The van der Waals surface area contributed by atoms with Gasteiger partial charge in [-0.05, 0) is 43.7 Å². The van der Waals surface area contributed by atoms with Crippen molar-refractivity contribution in [1.82, 2.24) is 10.3 Å². The Morgan fingerprint density at radius 1 is 1.10 bits per heavy atom. The van der Waals surface area contributed by atoms with Crippen LogP contribution >= 0.6 is 0 Å². The number of para-hydroxylation sites is 1. The molecule has 0 aliphatic carbocycles. The van der Waals surface area contributed by atoms with E-state index in [-0.39, 0.29) is 0 Å². The van der Waals surface area contributed by atoms with Crippen molar-refractivity contribution in [2.45, 2.75) is 25.9 Å². The molecule has 0 unspecified atom stereocenters. The first-order chi connectivity index (χ1) is 9.86. The molecule has 1 aliphatic heterocycles. The Kier molecular flexibility index (Phi) is 3.97. The molecule has 0 saturated carbocycles. The largest absolute Gasteiger partial charge is 0.365 e. The summed E-state index contributed by atoms with van der Waals surface area (Å²) in [7, 11) is 1.95.